The second-order valence-electron chi connectivity index (χ2n) is 23.0. The number of rotatable bonds is 23. The molecule has 0 spiro atoms. The van der Waals surface area contributed by atoms with Crippen LogP contribution in [0.4, 0.5) is 0 Å². The van der Waals surface area contributed by atoms with E-state index in [1.807, 2.05) is 39.0 Å². The number of hydrogen-bond donors (Lipinski definition) is 5. The quantitative estimate of drug-likeness (QED) is 0.0399. The van der Waals surface area contributed by atoms with Crippen LogP contribution in [-0.2, 0) is 38.1 Å². The van der Waals surface area contributed by atoms with Crippen molar-refractivity contribution in [3.8, 4) is 0 Å². The van der Waals surface area contributed by atoms with Crippen LogP contribution < -0.4 is 5.32 Å². The molecule has 1 aliphatic heterocycles. The van der Waals surface area contributed by atoms with E-state index >= 15 is 9.59 Å². The van der Waals surface area contributed by atoms with Gasteiger partial charge in [-0.2, -0.15) is 0 Å². The maximum atomic E-state index is 15.2. The van der Waals surface area contributed by atoms with Gasteiger partial charge in [0.2, 0.25) is 12.0 Å². The molecule has 3 aliphatic carbocycles. The molecule has 4 aliphatic rings. The third-order valence-corrected chi connectivity index (χ3v) is 16.0. The van der Waals surface area contributed by atoms with E-state index in [1.165, 1.54) is 19.1 Å². The Hall–Kier alpha value is -4.59. The number of amides is 1. The summed E-state index contributed by atoms with van der Waals surface area (Å²) in [4.78, 5) is 72.3. The van der Waals surface area contributed by atoms with E-state index in [0.717, 1.165) is 32.1 Å². The Morgan fingerprint density at radius 2 is 1.32 bits per heavy atom. The van der Waals surface area contributed by atoms with E-state index in [4.69, 9.17) is 18.9 Å². The average molecular weight is 1300 g/mol. The molecule has 14 nitrogen and oxygen atoms in total. The molecule has 1 amide bonds. The number of nitrogens with one attached hydrogen (secondary N) is 1. The smallest absolute Gasteiger partial charge is 0.350 e. The second kappa shape index (κ2) is 28.9. The zero-order chi connectivity index (χ0) is 56.9. The molecule has 1 radical (unpaired) electrons. The number of hydrogen-bond acceptors (Lipinski definition) is 13. The number of Topliss-reactive ketones (excluding diaryl/α,β-unsaturated/α-hetero) is 1. The molecule has 2 saturated carbocycles. The molecule has 2 aromatic carbocycles. The van der Waals surface area contributed by atoms with Crippen molar-refractivity contribution >= 4 is 29.6 Å². The SMILES string of the molecule is CC/C=C\C/C=C\C/C=C\C/C=C\C/C=C\C/C=C\CCC(=O)OC(C(=O)OC1CC2C(O)C3(OC(=O)c4ccccc4)C4(O)COC4CC(O)C3(C)C(=O)C(O)C(=C1C)C2(C)C)C(NC(=O)CC(C)(C)C)c1ccccc1.[Ac]. The fourth-order valence-corrected chi connectivity index (χ4v) is 11.8. The molecule has 5 N–H and O–H groups in total. The zero-order valence-electron chi connectivity index (χ0n) is 47.3. The van der Waals surface area contributed by atoms with Gasteiger partial charge in [-0.15, -0.1) is 0 Å². The topological polar surface area (TPSA) is 215 Å². The van der Waals surface area contributed by atoms with Crippen LogP contribution in [-0.4, -0.2) is 104 Å². The van der Waals surface area contributed by atoms with Gasteiger partial charge in [-0.1, -0.05) is 163 Å². The van der Waals surface area contributed by atoms with Gasteiger partial charge < -0.3 is 44.7 Å². The molecule has 1 heterocycles. The van der Waals surface area contributed by atoms with Gasteiger partial charge in [0.15, 0.2) is 17.0 Å². The third kappa shape index (κ3) is 14.9. The summed E-state index contributed by atoms with van der Waals surface area (Å²) in [5.41, 5.74) is -8.12. The van der Waals surface area contributed by atoms with Gasteiger partial charge in [-0.05, 0) is 105 Å². The number of benzene rings is 2. The van der Waals surface area contributed by atoms with Crippen LogP contribution in [0, 0.1) is 66.2 Å². The van der Waals surface area contributed by atoms with Crippen LogP contribution >= 0.6 is 0 Å². The number of carbonyl (C=O) groups excluding carboxylic acids is 5. The van der Waals surface area contributed by atoms with Gasteiger partial charge in [0.25, 0.3) is 0 Å². The fourth-order valence-electron chi connectivity index (χ4n) is 11.8. The monoisotopic (exact) mass is 1300 g/mol. The molecule has 425 valence electrons. The maximum absolute atomic E-state index is 15.2. The molecular formula is C64H83AcNO13. The van der Waals surface area contributed by atoms with Gasteiger partial charge >= 0.3 is 17.9 Å². The summed E-state index contributed by atoms with van der Waals surface area (Å²) in [5, 5.41) is 53.3. The third-order valence-electron chi connectivity index (χ3n) is 16.0. The molecule has 6 rings (SSSR count). The number of aliphatic hydroxyl groups is 4. The van der Waals surface area contributed by atoms with Crippen molar-refractivity contribution in [2.75, 3.05) is 6.61 Å². The number of aliphatic hydroxyl groups excluding tert-OH is 3. The standard InChI is InChI=1S/C64H83NO13.Ac/c1-9-10-11-12-13-14-15-16-17-18-19-20-21-22-23-24-25-26-33-38-51(68)77-55(53(44-34-29-27-30-35-44)65-50(67)41-60(3,4)5)59(73)76-47-39-46-56(70)64(78-58(72)45-36-31-28-32-37-45)62(8,48(66)40-49-63(64,74)42-75-49)57(71)54(69)52(43(47)2)61(46,6)7;/h10-11,13-14,16-17,19-20,22-23,25-32,34-37,46-49,53-56,66,69-70,74H,9,12,15,18,21,24,33,38-42H2,1-8H3,(H,65,67);/b11-10-,14-13-,17-16-,20-19-,23-22-,26-25-;. The minimum atomic E-state index is -2.63. The van der Waals surface area contributed by atoms with Crippen LogP contribution in [0.2, 0.25) is 0 Å². The van der Waals surface area contributed by atoms with Crippen LogP contribution in [0.5, 0.6) is 0 Å². The van der Waals surface area contributed by atoms with Crippen LogP contribution in [0.15, 0.2) is 145 Å². The minimum Gasteiger partial charge on any atom is -0.455 e. The van der Waals surface area contributed by atoms with E-state index < -0.39 is 112 Å². The zero-order valence-corrected chi connectivity index (χ0v) is 52.1. The number of esters is 3. The minimum absolute atomic E-state index is 0. The Kier molecular flexibility index (Phi) is 23.9. The summed E-state index contributed by atoms with van der Waals surface area (Å²) < 4.78 is 24.5. The molecule has 79 heavy (non-hydrogen) atoms. The molecule has 0 aromatic heterocycles. The molecule has 2 bridgehead atoms. The van der Waals surface area contributed by atoms with Crippen LogP contribution in [0.1, 0.15) is 148 Å². The van der Waals surface area contributed by atoms with E-state index in [2.05, 4.69) is 66.9 Å². The van der Waals surface area contributed by atoms with Crippen LogP contribution in [0.3, 0.4) is 0 Å². The molecule has 2 aromatic rings. The fraction of sp³-hybridized carbons (Fsp3) is 0.516. The first-order valence-corrected chi connectivity index (χ1v) is 27.6. The van der Waals surface area contributed by atoms with Crippen molar-refractivity contribution < 1.29 is 107 Å². The van der Waals surface area contributed by atoms with Crippen molar-refractivity contribution in [1.29, 1.82) is 0 Å². The predicted molar refractivity (Wildman–Crippen MR) is 298 cm³/mol. The molecule has 11 unspecified atom stereocenters. The summed E-state index contributed by atoms with van der Waals surface area (Å²) in [6.07, 6.45) is 20.1. The first-order chi connectivity index (χ1) is 37.0. The second-order valence-corrected chi connectivity index (χ2v) is 23.0. The molecule has 15 heteroatoms. The molecule has 11 atom stereocenters. The van der Waals surface area contributed by atoms with Crippen molar-refractivity contribution in [1.82, 2.24) is 5.32 Å². The molecular weight excluding hydrogens is 1220 g/mol. The van der Waals surface area contributed by atoms with E-state index in [1.54, 1.807) is 69.3 Å². The normalized spacial score (nSPS) is 28.4. The van der Waals surface area contributed by atoms with E-state index in [-0.39, 0.29) is 92.9 Å². The van der Waals surface area contributed by atoms with Crippen LogP contribution in [0.25, 0.3) is 0 Å². The Balaban J connectivity index is 0.0000115. The Morgan fingerprint density at radius 3 is 1.84 bits per heavy atom. The largest absolute Gasteiger partial charge is 0.455 e. The number of fused-ring (bicyclic) bond motifs is 5. The molecule has 3 fully saturated rings. The van der Waals surface area contributed by atoms with E-state index in [0.29, 0.717) is 12.0 Å². The average Bonchev–Trinajstić information content (AvgIpc) is 2.88. The summed E-state index contributed by atoms with van der Waals surface area (Å²) in [6.45, 7) is 13.6. The molecule has 1 saturated heterocycles. The van der Waals surface area contributed by atoms with Crippen molar-refractivity contribution in [3.63, 3.8) is 0 Å². The van der Waals surface area contributed by atoms with Gasteiger partial charge in [0, 0.05) is 69.2 Å². The van der Waals surface area contributed by atoms with Gasteiger partial charge in [-0.3, -0.25) is 14.4 Å². The van der Waals surface area contributed by atoms with Crippen molar-refractivity contribution in [3.05, 3.63) is 156 Å². The van der Waals surface area contributed by atoms with Gasteiger partial charge in [0.05, 0.1) is 24.4 Å². The Morgan fingerprint density at radius 1 is 0.785 bits per heavy atom. The Labute approximate surface area is 503 Å². The predicted octanol–water partition coefficient (Wildman–Crippen LogP) is 9.75. The first-order valence-electron chi connectivity index (χ1n) is 27.6. The number of allylic oxidation sites excluding steroid dienone is 12. The number of ether oxygens (including phenoxy) is 4. The summed E-state index contributed by atoms with van der Waals surface area (Å²) in [6, 6.07) is 15.1. The number of ketones is 1. The van der Waals surface area contributed by atoms with E-state index in [9.17, 15) is 34.8 Å². The summed E-state index contributed by atoms with van der Waals surface area (Å²) in [5.74, 6) is -5.43. The number of carbonyl (C=O) groups is 5. The van der Waals surface area contributed by atoms with Crippen molar-refractivity contribution in [2.24, 2.45) is 22.2 Å². The summed E-state index contributed by atoms with van der Waals surface area (Å²) >= 11 is 0. The summed E-state index contributed by atoms with van der Waals surface area (Å²) in [7, 11) is 0. The van der Waals surface area contributed by atoms with Gasteiger partial charge in [-0.25, -0.2) is 9.59 Å². The van der Waals surface area contributed by atoms with Gasteiger partial charge in [0.1, 0.15) is 29.8 Å². The Bertz CT molecular complexity index is 2630. The first kappa shape index (κ1) is 65.2. The maximum Gasteiger partial charge on any atom is 0.350 e. The van der Waals surface area contributed by atoms with Crippen molar-refractivity contribution in [2.45, 2.75) is 180 Å².